The van der Waals surface area contributed by atoms with E-state index in [0.717, 1.165) is 19.3 Å². The fraction of sp³-hybridized carbons (Fsp3) is 0.636. The third-order valence-electron chi connectivity index (χ3n) is 5.69. The van der Waals surface area contributed by atoms with Crippen molar-refractivity contribution in [2.75, 3.05) is 0 Å². The fourth-order valence-corrected chi connectivity index (χ4v) is 6.09. The quantitative estimate of drug-likeness (QED) is 0.642. The van der Waals surface area contributed by atoms with Gasteiger partial charge in [0, 0.05) is 16.0 Å². The van der Waals surface area contributed by atoms with Crippen LogP contribution in [0.4, 0.5) is 0 Å². The Balaban J connectivity index is 2.19. The molecular formula is C22H32OS. The molecule has 1 aromatic carbocycles. The van der Waals surface area contributed by atoms with Crippen LogP contribution in [0.25, 0.3) is 5.57 Å². The maximum absolute atomic E-state index is 12.4. The van der Waals surface area contributed by atoms with E-state index in [2.05, 4.69) is 59.8 Å². The molecule has 0 amide bonds. The SMILES string of the molecule is CC(C)c1cc(C(C)C)c(C2=CC3CCC(C2)S3=O)c(C(C)C)c1. The minimum atomic E-state index is -0.636. The summed E-state index contributed by atoms with van der Waals surface area (Å²) in [6.07, 6.45) is 5.61. The first-order valence-electron chi connectivity index (χ1n) is 9.57. The second kappa shape index (κ2) is 6.78. The number of allylic oxidation sites excluding steroid dienone is 1. The maximum Gasteiger partial charge on any atom is 0.0536 e. The molecule has 3 unspecified atom stereocenters. The molecule has 2 heteroatoms. The average molecular weight is 345 g/mol. The van der Waals surface area contributed by atoms with E-state index < -0.39 is 10.8 Å². The molecule has 3 rings (SSSR count). The Labute approximate surface area is 150 Å². The predicted octanol–water partition coefficient (Wildman–Crippen LogP) is 6.12. The van der Waals surface area contributed by atoms with Crippen molar-refractivity contribution >= 4 is 16.4 Å². The molecule has 2 bridgehead atoms. The van der Waals surface area contributed by atoms with Crippen molar-refractivity contribution in [2.45, 2.75) is 89.1 Å². The predicted molar refractivity (Wildman–Crippen MR) is 106 cm³/mol. The highest BCUT2D eigenvalue weighted by Gasteiger charge is 2.37. The molecule has 0 aromatic heterocycles. The second-order valence-electron chi connectivity index (χ2n) is 8.50. The van der Waals surface area contributed by atoms with Gasteiger partial charge in [-0.15, -0.1) is 0 Å². The Hall–Kier alpha value is -0.890. The summed E-state index contributed by atoms with van der Waals surface area (Å²) in [5.41, 5.74) is 7.39. The molecule has 0 aliphatic carbocycles. The summed E-state index contributed by atoms with van der Waals surface area (Å²) in [6.45, 7) is 13.8. The molecule has 0 saturated carbocycles. The monoisotopic (exact) mass is 344 g/mol. The number of fused-ring (bicyclic) bond motifs is 2. The summed E-state index contributed by atoms with van der Waals surface area (Å²) in [7, 11) is -0.636. The standard InChI is InChI=1S/C22H32OS/c1-13(2)16-11-20(14(3)4)22(21(12-16)15(5)6)17-9-18-7-8-19(10-17)24(18)23/h9,11-15,18-19H,7-8,10H2,1-6H3. The molecule has 1 aromatic rings. The number of hydrogen-bond donors (Lipinski definition) is 0. The molecule has 2 heterocycles. The van der Waals surface area contributed by atoms with Crippen molar-refractivity contribution < 1.29 is 4.21 Å². The molecule has 2 aliphatic rings. The van der Waals surface area contributed by atoms with Gasteiger partial charge in [-0.1, -0.05) is 59.8 Å². The lowest BCUT2D eigenvalue weighted by atomic mass is 9.80. The summed E-state index contributed by atoms with van der Waals surface area (Å²) in [5, 5.41) is 0.684. The molecule has 0 radical (unpaired) electrons. The Morgan fingerprint density at radius 3 is 1.96 bits per heavy atom. The molecule has 3 atom stereocenters. The summed E-state index contributed by atoms with van der Waals surface area (Å²) in [6, 6.07) is 4.87. The lowest BCUT2D eigenvalue weighted by Crippen LogP contribution is -2.21. The van der Waals surface area contributed by atoms with E-state index >= 15 is 0 Å². The third-order valence-corrected chi connectivity index (χ3v) is 7.72. The van der Waals surface area contributed by atoms with Crippen LogP contribution in [0.3, 0.4) is 0 Å². The molecule has 0 spiro atoms. The van der Waals surface area contributed by atoms with Crippen LogP contribution in [0.1, 0.15) is 101 Å². The normalized spacial score (nSPS) is 26.5. The molecule has 132 valence electrons. The third kappa shape index (κ3) is 3.14. The van der Waals surface area contributed by atoms with E-state index in [1.54, 1.807) is 0 Å². The molecule has 2 aliphatic heterocycles. The van der Waals surface area contributed by atoms with Crippen molar-refractivity contribution in [2.24, 2.45) is 0 Å². The number of rotatable bonds is 4. The van der Waals surface area contributed by atoms with Gasteiger partial charge in [0.15, 0.2) is 0 Å². The number of hydrogen-bond acceptors (Lipinski definition) is 1. The van der Waals surface area contributed by atoms with Gasteiger partial charge < -0.3 is 0 Å². The van der Waals surface area contributed by atoms with Crippen LogP contribution >= 0.6 is 0 Å². The zero-order valence-electron chi connectivity index (χ0n) is 16.1. The molecular weight excluding hydrogens is 312 g/mol. The van der Waals surface area contributed by atoms with Crippen molar-refractivity contribution in [3.63, 3.8) is 0 Å². The summed E-state index contributed by atoms with van der Waals surface area (Å²) in [5.74, 6) is 1.59. The zero-order chi connectivity index (χ0) is 17.6. The van der Waals surface area contributed by atoms with Crippen LogP contribution in [-0.4, -0.2) is 14.7 Å². The van der Waals surface area contributed by atoms with Gasteiger partial charge in [-0.25, -0.2) is 0 Å². The van der Waals surface area contributed by atoms with E-state index in [9.17, 15) is 4.21 Å². The minimum Gasteiger partial charge on any atom is -0.259 e. The zero-order valence-corrected chi connectivity index (χ0v) is 16.9. The first-order chi connectivity index (χ1) is 11.3. The smallest absolute Gasteiger partial charge is 0.0536 e. The van der Waals surface area contributed by atoms with Crippen LogP contribution < -0.4 is 0 Å². The number of benzene rings is 1. The Kier molecular flexibility index (Phi) is 5.06. The summed E-state index contributed by atoms with van der Waals surface area (Å²) < 4.78 is 12.4. The van der Waals surface area contributed by atoms with Crippen LogP contribution in [-0.2, 0) is 10.8 Å². The van der Waals surface area contributed by atoms with E-state index in [1.807, 2.05) is 0 Å². The maximum atomic E-state index is 12.4. The van der Waals surface area contributed by atoms with Gasteiger partial charge in [-0.05, 0) is 64.8 Å². The second-order valence-corrected chi connectivity index (χ2v) is 10.4. The Morgan fingerprint density at radius 2 is 1.50 bits per heavy atom. The van der Waals surface area contributed by atoms with Gasteiger partial charge in [0.1, 0.15) is 0 Å². The van der Waals surface area contributed by atoms with Gasteiger partial charge in [0.05, 0.1) is 5.25 Å². The first kappa shape index (κ1) is 17.9. The van der Waals surface area contributed by atoms with E-state index in [-0.39, 0.29) is 0 Å². The van der Waals surface area contributed by atoms with Crippen LogP contribution in [0, 0.1) is 0 Å². The topological polar surface area (TPSA) is 17.1 Å². The highest BCUT2D eigenvalue weighted by atomic mass is 32.2. The first-order valence-corrected chi connectivity index (χ1v) is 10.8. The van der Waals surface area contributed by atoms with E-state index in [0.29, 0.717) is 28.3 Å². The van der Waals surface area contributed by atoms with Crippen molar-refractivity contribution in [3.05, 3.63) is 40.5 Å². The fourth-order valence-electron chi connectivity index (χ4n) is 4.21. The Bertz CT molecular complexity index is 652. The van der Waals surface area contributed by atoms with Crippen molar-refractivity contribution in [1.29, 1.82) is 0 Å². The molecule has 1 nitrogen and oxygen atoms in total. The van der Waals surface area contributed by atoms with Crippen molar-refractivity contribution in [3.8, 4) is 0 Å². The highest BCUT2D eigenvalue weighted by Crippen LogP contribution is 2.43. The van der Waals surface area contributed by atoms with E-state index in [4.69, 9.17) is 0 Å². The molecule has 0 N–H and O–H groups in total. The Morgan fingerprint density at radius 1 is 0.917 bits per heavy atom. The van der Waals surface area contributed by atoms with Gasteiger partial charge >= 0.3 is 0 Å². The summed E-state index contributed by atoms with van der Waals surface area (Å²) in [4.78, 5) is 0. The van der Waals surface area contributed by atoms with Crippen molar-refractivity contribution in [1.82, 2.24) is 0 Å². The molecule has 1 fully saturated rings. The van der Waals surface area contributed by atoms with Gasteiger partial charge in [0.2, 0.25) is 0 Å². The van der Waals surface area contributed by atoms with Crippen LogP contribution in [0.15, 0.2) is 18.2 Å². The lowest BCUT2D eigenvalue weighted by molar-refractivity contribution is 0.674. The molecule has 24 heavy (non-hydrogen) atoms. The van der Waals surface area contributed by atoms with Gasteiger partial charge in [-0.2, -0.15) is 0 Å². The van der Waals surface area contributed by atoms with Crippen LogP contribution in [0.5, 0.6) is 0 Å². The average Bonchev–Trinajstić information content (AvgIpc) is 2.74. The van der Waals surface area contributed by atoms with Crippen LogP contribution in [0.2, 0.25) is 0 Å². The molecule has 1 saturated heterocycles. The van der Waals surface area contributed by atoms with Gasteiger partial charge in [0.25, 0.3) is 0 Å². The van der Waals surface area contributed by atoms with E-state index in [1.165, 1.54) is 27.8 Å². The lowest BCUT2D eigenvalue weighted by Gasteiger charge is -2.28. The van der Waals surface area contributed by atoms with Gasteiger partial charge in [-0.3, -0.25) is 4.21 Å². The largest absolute Gasteiger partial charge is 0.259 e. The summed E-state index contributed by atoms with van der Waals surface area (Å²) >= 11 is 0. The highest BCUT2D eigenvalue weighted by molar-refractivity contribution is 7.86. The minimum absolute atomic E-state index is 0.295.